The molecule has 4 rings (SSSR count). The van der Waals surface area contributed by atoms with E-state index < -0.39 is 0 Å². The van der Waals surface area contributed by atoms with E-state index in [2.05, 4.69) is 9.97 Å². The Hall–Kier alpha value is -2.96. The van der Waals surface area contributed by atoms with Crippen molar-refractivity contribution in [2.24, 2.45) is 17.8 Å². The van der Waals surface area contributed by atoms with Crippen LogP contribution in [0, 0.1) is 17.8 Å². The van der Waals surface area contributed by atoms with E-state index >= 15 is 0 Å². The second kappa shape index (κ2) is 9.24. The number of rotatable bonds is 5. The fraction of sp³-hybridized carbons (Fsp3) is 0.478. The summed E-state index contributed by atoms with van der Waals surface area (Å²) in [7, 11) is 0. The molecule has 0 bridgehead atoms. The number of para-hydroxylation sites is 1. The number of carbonyl (C=O) groups excluding carboxylic acids is 2. The number of likely N-dealkylation sites (tertiary alicyclic amines) is 2. The summed E-state index contributed by atoms with van der Waals surface area (Å²) >= 11 is 0. The Balaban J connectivity index is 1.46. The smallest absolute Gasteiger partial charge is 0.274 e. The van der Waals surface area contributed by atoms with Gasteiger partial charge < -0.3 is 14.5 Å². The zero-order chi connectivity index (χ0) is 20.9. The lowest BCUT2D eigenvalue weighted by Crippen LogP contribution is -2.40. The second-order valence-corrected chi connectivity index (χ2v) is 8.19. The molecule has 0 saturated carbocycles. The molecule has 0 aliphatic carbocycles. The normalized spacial score (nSPS) is 22.2. The summed E-state index contributed by atoms with van der Waals surface area (Å²) in [6.07, 6.45) is 6.59. The van der Waals surface area contributed by atoms with E-state index in [-0.39, 0.29) is 17.7 Å². The van der Waals surface area contributed by atoms with E-state index in [0.717, 1.165) is 31.7 Å². The van der Waals surface area contributed by atoms with Gasteiger partial charge in [0.15, 0.2) is 0 Å². The van der Waals surface area contributed by atoms with Crippen molar-refractivity contribution in [3.8, 4) is 5.75 Å². The number of carbonyl (C=O) groups is 2. The summed E-state index contributed by atoms with van der Waals surface area (Å²) < 4.78 is 6.07. The van der Waals surface area contributed by atoms with Crippen molar-refractivity contribution in [1.29, 1.82) is 0 Å². The Morgan fingerprint density at radius 3 is 2.50 bits per heavy atom. The predicted molar refractivity (Wildman–Crippen MR) is 112 cm³/mol. The maximum Gasteiger partial charge on any atom is 0.274 e. The SMILES string of the molecule is CC(=O)N1CCC([C@@H]2CN(C(=O)c3cnccn3)C[C@H]2COc2ccccc2)CC1. The molecule has 7 heteroatoms. The third kappa shape index (κ3) is 4.61. The molecule has 0 N–H and O–H groups in total. The highest BCUT2D eigenvalue weighted by Crippen LogP contribution is 2.36. The summed E-state index contributed by atoms with van der Waals surface area (Å²) in [4.78, 5) is 36.7. The van der Waals surface area contributed by atoms with Crippen LogP contribution in [-0.4, -0.2) is 64.4 Å². The zero-order valence-corrected chi connectivity index (χ0v) is 17.3. The van der Waals surface area contributed by atoms with Gasteiger partial charge in [0, 0.05) is 51.4 Å². The first kappa shape index (κ1) is 20.3. The van der Waals surface area contributed by atoms with Crippen molar-refractivity contribution in [2.75, 3.05) is 32.8 Å². The van der Waals surface area contributed by atoms with Crippen LogP contribution in [0.1, 0.15) is 30.3 Å². The topological polar surface area (TPSA) is 75.6 Å². The van der Waals surface area contributed by atoms with Crippen LogP contribution in [-0.2, 0) is 4.79 Å². The molecule has 158 valence electrons. The number of hydrogen-bond donors (Lipinski definition) is 0. The molecule has 0 radical (unpaired) electrons. The predicted octanol–water partition coefficient (Wildman–Crippen LogP) is 2.50. The van der Waals surface area contributed by atoms with Crippen LogP contribution in [0.4, 0.5) is 0 Å². The minimum atomic E-state index is -0.0727. The van der Waals surface area contributed by atoms with Crippen molar-refractivity contribution in [3.63, 3.8) is 0 Å². The van der Waals surface area contributed by atoms with Crippen LogP contribution in [0.3, 0.4) is 0 Å². The molecule has 0 spiro atoms. The van der Waals surface area contributed by atoms with E-state index in [0.29, 0.717) is 37.2 Å². The molecule has 3 heterocycles. The lowest BCUT2D eigenvalue weighted by atomic mass is 9.78. The van der Waals surface area contributed by atoms with Crippen molar-refractivity contribution in [3.05, 3.63) is 54.6 Å². The van der Waals surface area contributed by atoms with Gasteiger partial charge in [-0.3, -0.25) is 14.6 Å². The van der Waals surface area contributed by atoms with Gasteiger partial charge in [0.2, 0.25) is 5.91 Å². The van der Waals surface area contributed by atoms with Gasteiger partial charge in [-0.1, -0.05) is 18.2 Å². The first-order valence-electron chi connectivity index (χ1n) is 10.6. The van der Waals surface area contributed by atoms with Crippen molar-refractivity contribution in [1.82, 2.24) is 19.8 Å². The molecule has 2 fully saturated rings. The number of amides is 2. The molecule has 2 aliphatic heterocycles. The quantitative estimate of drug-likeness (QED) is 0.760. The van der Waals surface area contributed by atoms with Crippen LogP contribution in [0.25, 0.3) is 0 Å². The van der Waals surface area contributed by atoms with Gasteiger partial charge in [-0.15, -0.1) is 0 Å². The highest BCUT2D eigenvalue weighted by atomic mass is 16.5. The number of hydrogen-bond acceptors (Lipinski definition) is 5. The number of benzene rings is 1. The first-order chi connectivity index (χ1) is 14.6. The van der Waals surface area contributed by atoms with Crippen LogP contribution in [0.5, 0.6) is 5.75 Å². The molecular weight excluding hydrogens is 380 g/mol. The Morgan fingerprint density at radius 2 is 1.83 bits per heavy atom. The van der Waals surface area contributed by atoms with Gasteiger partial charge in [0.1, 0.15) is 11.4 Å². The summed E-state index contributed by atoms with van der Waals surface area (Å²) in [5.74, 6) is 1.99. The summed E-state index contributed by atoms with van der Waals surface area (Å²) in [6, 6.07) is 9.80. The number of ether oxygens (including phenoxy) is 1. The highest BCUT2D eigenvalue weighted by molar-refractivity contribution is 5.92. The van der Waals surface area contributed by atoms with E-state index in [1.54, 1.807) is 19.3 Å². The number of piperidine rings is 1. The highest BCUT2D eigenvalue weighted by Gasteiger charge is 2.41. The Morgan fingerprint density at radius 1 is 1.07 bits per heavy atom. The number of nitrogens with zero attached hydrogens (tertiary/aromatic N) is 4. The maximum absolute atomic E-state index is 13.0. The van der Waals surface area contributed by atoms with Gasteiger partial charge in [-0.2, -0.15) is 0 Å². The molecule has 1 aromatic heterocycles. The van der Waals surface area contributed by atoms with E-state index in [4.69, 9.17) is 4.74 Å². The fourth-order valence-corrected chi connectivity index (χ4v) is 4.71. The summed E-state index contributed by atoms with van der Waals surface area (Å²) in [6.45, 7) is 5.14. The Labute approximate surface area is 177 Å². The molecule has 2 saturated heterocycles. The average Bonchev–Trinajstić information content (AvgIpc) is 3.23. The van der Waals surface area contributed by atoms with Crippen molar-refractivity contribution < 1.29 is 14.3 Å². The minimum Gasteiger partial charge on any atom is -0.493 e. The standard InChI is InChI=1S/C23H28N4O3/c1-17(28)26-11-7-18(8-12-26)21-15-27(23(29)22-13-24-9-10-25-22)14-19(21)16-30-20-5-3-2-4-6-20/h2-6,9-10,13,18-19,21H,7-8,11-12,14-16H2,1H3/t19-,21-/m0/s1. The molecule has 2 atom stereocenters. The number of aromatic nitrogens is 2. The molecular formula is C23H28N4O3. The largest absolute Gasteiger partial charge is 0.493 e. The van der Waals surface area contributed by atoms with Crippen LogP contribution in [0.2, 0.25) is 0 Å². The molecule has 2 aromatic rings. The Bertz CT molecular complexity index is 853. The van der Waals surface area contributed by atoms with Gasteiger partial charge >= 0.3 is 0 Å². The molecule has 30 heavy (non-hydrogen) atoms. The second-order valence-electron chi connectivity index (χ2n) is 8.19. The van der Waals surface area contributed by atoms with Crippen LogP contribution >= 0.6 is 0 Å². The minimum absolute atomic E-state index is 0.0727. The van der Waals surface area contributed by atoms with Gasteiger partial charge in [0.25, 0.3) is 5.91 Å². The lowest BCUT2D eigenvalue weighted by molar-refractivity contribution is -0.130. The molecule has 7 nitrogen and oxygen atoms in total. The fourth-order valence-electron chi connectivity index (χ4n) is 4.71. The molecule has 0 unspecified atom stereocenters. The third-order valence-corrected chi connectivity index (χ3v) is 6.36. The molecule has 1 aromatic carbocycles. The average molecular weight is 409 g/mol. The maximum atomic E-state index is 13.0. The third-order valence-electron chi connectivity index (χ3n) is 6.36. The monoisotopic (exact) mass is 408 g/mol. The molecule has 2 amide bonds. The van der Waals surface area contributed by atoms with Crippen molar-refractivity contribution >= 4 is 11.8 Å². The summed E-state index contributed by atoms with van der Waals surface area (Å²) in [5, 5.41) is 0. The van der Waals surface area contributed by atoms with Crippen molar-refractivity contribution in [2.45, 2.75) is 19.8 Å². The van der Waals surface area contributed by atoms with Gasteiger partial charge in [-0.25, -0.2) is 4.98 Å². The van der Waals surface area contributed by atoms with E-state index in [1.165, 1.54) is 6.20 Å². The first-order valence-corrected chi connectivity index (χ1v) is 10.6. The zero-order valence-electron chi connectivity index (χ0n) is 17.3. The molecule has 2 aliphatic rings. The van der Waals surface area contributed by atoms with Crippen LogP contribution < -0.4 is 4.74 Å². The Kier molecular flexibility index (Phi) is 6.26. The van der Waals surface area contributed by atoms with Crippen LogP contribution in [0.15, 0.2) is 48.9 Å². The van der Waals surface area contributed by atoms with E-state index in [1.807, 2.05) is 40.1 Å². The lowest BCUT2D eigenvalue weighted by Gasteiger charge is -2.36. The van der Waals surface area contributed by atoms with E-state index in [9.17, 15) is 9.59 Å². The summed E-state index contributed by atoms with van der Waals surface area (Å²) in [5.41, 5.74) is 0.382. The van der Waals surface area contributed by atoms with Gasteiger partial charge in [-0.05, 0) is 36.8 Å². The van der Waals surface area contributed by atoms with Gasteiger partial charge in [0.05, 0.1) is 12.8 Å².